The van der Waals surface area contributed by atoms with E-state index in [9.17, 15) is 13.2 Å². The number of hydrogen-bond donors (Lipinski definition) is 1. The molecule has 0 spiro atoms. The van der Waals surface area contributed by atoms with Crippen molar-refractivity contribution in [1.29, 1.82) is 0 Å². The summed E-state index contributed by atoms with van der Waals surface area (Å²) in [7, 11) is -3.73. The van der Waals surface area contributed by atoms with Crippen LogP contribution in [-0.4, -0.2) is 20.9 Å². The topological polar surface area (TPSA) is 76.4 Å². The second kappa shape index (κ2) is 7.47. The number of amides is 1. The van der Waals surface area contributed by atoms with Gasteiger partial charge < -0.3 is 9.73 Å². The van der Waals surface area contributed by atoms with E-state index in [0.29, 0.717) is 10.6 Å². The van der Waals surface area contributed by atoms with Crippen molar-refractivity contribution in [3.63, 3.8) is 0 Å². The van der Waals surface area contributed by atoms with E-state index in [0.717, 1.165) is 11.1 Å². The standard InChI is InChI=1S/C19H19NO4S2/c1-13-7-8-15(11-14(13)2)26(22,23)18(16-5-3-9-24-16)12-20-19(21)17-6-4-10-25-17/h3-11,18H,12H2,1-2H3,(H,20,21)/t18-/m0/s1. The van der Waals surface area contributed by atoms with Crippen LogP contribution in [0.15, 0.2) is 63.4 Å². The molecule has 1 amide bonds. The molecule has 0 saturated carbocycles. The molecule has 0 saturated heterocycles. The zero-order chi connectivity index (χ0) is 18.7. The third kappa shape index (κ3) is 3.73. The van der Waals surface area contributed by atoms with E-state index in [1.807, 2.05) is 13.8 Å². The Morgan fingerprint density at radius 1 is 1.15 bits per heavy atom. The molecule has 1 atom stereocenters. The molecule has 3 aromatic rings. The molecule has 3 rings (SSSR count). The molecule has 0 fully saturated rings. The molecule has 1 N–H and O–H groups in total. The van der Waals surface area contributed by atoms with Gasteiger partial charge in [-0.1, -0.05) is 12.1 Å². The summed E-state index contributed by atoms with van der Waals surface area (Å²) in [6.45, 7) is 3.73. The summed E-state index contributed by atoms with van der Waals surface area (Å²) in [6.07, 6.45) is 1.43. The highest BCUT2D eigenvalue weighted by atomic mass is 32.2. The lowest BCUT2D eigenvalue weighted by Gasteiger charge is -2.17. The van der Waals surface area contributed by atoms with Gasteiger partial charge in [0.05, 0.1) is 16.0 Å². The van der Waals surface area contributed by atoms with Gasteiger partial charge in [0.15, 0.2) is 9.84 Å². The van der Waals surface area contributed by atoms with Crippen molar-refractivity contribution in [3.8, 4) is 0 Å². The monoisotopic (exact) mass is 389 g/mol. The van der Waals surface area contributed by atoms with Gasteiger partial charge in [-0.15, -0.1) is 11.3 Å². The highest BCUT2D eigenvalue weighted by Gasteiger charge is 2.32. The normalized spacial score (nSPS) is 12.7. The Morgan fingerprint density at radius 2 is 1.96 bits per heavy atom. The van der Waals surface area contributed by atoms with Gasteiger partial charge in [-0.2, -0.15) is 0 Å². The van der Waals surface area contributed by atoms with Crippen molar-refractivity contribution >= 4 is 27.1 Å². The number of sulfone groups is 1. The van der Waals surface area contributed by atoms with E-state index < -0.39 is 15.1 Å². The minimum Gasteiger partial charge on any atom is -0.468 e. The van der Waals surface area contributed by atoms with Crippen molar-refractivity contribution in [1.82, 2.24) is 5.32 Å². The van der Waals surface area contributed by atoms with Crippen LogP contribution in [0.4, 0.5) is 0 Å². The number of carbonyl (C=O) groups is 1. The summed E-state index contributed by atoms with van der Waals surface area (Å²) in [6, 6.07) is 11.7. The summed E-state index contributed by atoms with van der Waals surface area (Å²) in [4.78, 5) is 13.0. The van der Waals surface area contributed by atoms with Gasteiger partial charge >= 0.3 is 0 Å². The van der Waals surface area contributed by atoms with Crippen LogP contribution in [0, 0.1) is 13.8 Å². The number of thiophene rings is 1. The third-order valence-corrected chi connectivity index (χ3v) is 7.16. The van der Waals surface area contributed by atoms with Gasteiger partial charge in [-0.3, -0.25) is 4.79 Å². The fourth-order valence-corrected chi connectivity index (χ4v) is 4.88. The number of benzene rings is 1. The summed E-state index contributed by atoms with van der Waals surface area (Å²) in [5.41, 5.74) is 1.91. The largest absolute Gasteiger partial charge is 0.468 e. The van der Waals surface area contributed by atoms with Gasteiger partial charge in [0.2, 0.25) is 0 Å². The fraction of sp³-hybridized carbons (Fsp3) is 0.211. The Morgan fingerprint density at radius 3 is 2.58 bits per heavy atom. The Hall–Kier alpha value is -2.38. The van der Waals surface area contributed by atoms with Crippen LogP contribution in [0.25, 0.3) is 0 Å². The van der Waals surface area contributed by atoms with Gasteiger partial charge in [-0.25, -0.2) is 8.42 Å². The van der Waals surface area contributed by atoms with Gasteiger partial charge in [0.1, 0.15) is 11.0 Å². The van der Waals surface area contributed by atoms with E-state index in [-0.39, 0.29) is 17.3 Å². The molecule has 0 unspecified atom stereocenters. The maximum atomic E-state index is 13.2. The Bertz CT molecular complexity index is 990. The number of furan rings is 1. The van der Waals surface area contributed by atoms with Gasteiger partial charge in [0, 0.05) is 6.54 Å². The molecule has 136 valence electrons. The number of carbonyl (C=O) groups excluding carboxylic acids is 1. The van der Waals surface area contributed by atoms with E-state index in [4.69, 9.17) is 4.42 Å². The number of hydrogen-bond acceptors (Lipinski definition) is 5. The summed E-state index contributed by atoms with van der Waals surface area (Å²) in [5, 5.41) is 3.51. The first kappa shape index (κ1) is 18.4. The zero-order valence-corrected chi connectivity index (χ0v) is 16.1. The molecular formula is C19H19NO4S2. The quantitative estimate of drug-likeness (QED) is 0.694. The molecule has 26 heavy (non-hydrogen) atoms. The molecule has 0 bridgehead atoms. The molecule has 0 aliphatic carbocycles. The maximum Gasteiger partial charge on any atom is 0.261 e. The Balaban J connectivity index is 1.90. The van der Waals surface area contributed by atoms with E-state index in [2.05, 4.69) is 5.32 Å². The summed E-state index contributed by atoms with van der Waals surface area (Å²) in [5.74, 6) is 0.00144. The van der Waals surface area contributed by atoms with E-state index in [1.165, 1.54) is 17.6 Å². The van der Waals surface area contributed by atoms with Crippen LogP contribution >= 0.6 is 11.3 Å². The maximum absolute atomic E-state index is 13.2. The second-order valence-corrected chi connectivity index (χ2v) is 9.06. The first-order valence-corrected chi connectivity index (χ1v) is 10.5. The number of rotatable bonds is 6. The molecule has 7 heteroatoms. The molecular weight excluding hydrogens is 370 g/mol. The highest BCUT2D eigenvalue weighted by Crippen LogP contribution is 2.30. The van der Waals surface area contributed by atoms with Crippen LogP contribution in [0.2, 0.25) is 0 Å². The van der Waals surface area contributed by atoms with Crippen molar-refractivity contribution < 1.29 is 17.6 Å². The second-order valence-electron chi connectivity index (χ2n) is 5.98. The molecule has 0 aliphatic heterocycles. The first-order chi connectivity index (χ1) is 12.4. The van der Waals surface area contributed by atoms with Crippen LogP contribution in [0.1, 0.15) is 31.8 Å². The molecule has 0 aliphatic rings. The lowest BCUT2D eigenvalue weighted by molar-refractivity contribution is 0.0957. The molecule has 1 aromatic carbocycles. The van der Waals surface area contributed by atoms with Crippen LogP contribution < -0.4 is 5.32 Å². The average molecular weight is 389 g/mol. The fourth-order valence-electron chi connectivity index (χ4n) is 2.57. The molecule has 2 aromatic heterocycles. The summed E-state index contributed by atoms with van der Waals surface area (Å²) >= 11 is 1.30. The van der Waals surface area contributed by atoms with Crippen LogP contribution in [0.3, 0.4) is 0 Å². The molecule has 2 heterocycles. The van der Waals surface area contributed by atoms with Gasteiger partial charge in [-0.05, 0) is 60.7 Å². The average Bonchev–Trinajstić information content (AvgIpc) is 3.30. The van der Waals surface area contributed by atoms with Crippen LogP contribution in [-0.2, 0) is 9.84 Å². The lowest BCUT2D eigenvalue weighted by atomic mass is 10.1. The van der Waals surface area contributed by atoms with Gasteiger partial charge in [0.25, 0.3) is 5.91 Å². The Labute approximate surface area is 156 Å². The van der Waals surface area contributed by atoms with Crippen molar-refractivity contribution in [2.24, 2.45) is 0 Å². The van der Waals surface area contributed by atoms with E-state index in [1.54, 1.807) is 47.8 Å². The number of aryl methyl sites for hydroxylation is 2. The number of nitrogens with one attached hydrogen (secondary N) is 1. The molecule has 5 nitrogen and oxygen atoms in total. The van der Waals surface area contributed by atoms with Crippen molar-refractivity contribution in [3.05, 3.63) is 75.9 Å². The molecule has 0 radical (unpaired) electrons. The minimum absolute atomic E-state index is 0.0699. The first-order valence-electron chi connectivity index (χ1n) is 8.06. The van der Waals surface area contributed by atoms with Crippen LogP contribution in [0.5, 0.6) is 0 Å². The minimum atomic E-state index is -3.73. The lowest BCUT2D eigenvalue weighted by Crippen LogP contribution is -2.31. The van der Waals surface area contributed by atoms with E-state index >= 15 is 0 Å². The third-order valence-electron chi connectivity index (χ3n) is 4.23. The van der Waals surface area contributed by atoms with Crippen molar-refractivity contribution in [2.75, 3.05) is 6.54 Å². The zero-order valence-electron chi connectivity index (χ0n) is 14.4. The predicted molar refractivity (Wildman–Crippen MR) is 101 cm³/mol. The Kier molecular flexibility index (Phi) is 5.29. The predicted octanol–water partition coefficient (Wildman–Crippen LogP) is 3.90. The van der Waals surface area contributed by atoms with Crippen molar-refractivity contribution in [2.45, 2.75) is 24.0 Å². The SMILES string of the molecule is Cc1ccc(S(=O)(=O)[C@@H](CNC(=O)c2cccs2)c2ccco2)cc1C. The smallest absolute Gasteiger partial charge is 0.261 e. The highest BCUT2D eigenvalue weighted by molar-refractivity contribution is 7.91. The summed E-state index contributed by atoms with van der Waals surface area (Å²) < 4.78 is 31.7.